The average Bonchev–Trinajstić information content (AvgIpc) is 2.13. The molecule has 0 aliphatic carbocycles. The molecular formula is C8H13FS. The molecule has 0 fully saturated rings. The highest BCUT2D eigenvalue weighted by atomic mass is 32.2. The van der Waals surface area contributed by atoms with Crippen LogP contribution in [0.2, 0.25) is 0 Å². The van der Waals surface area contributed by atoms with Crippen molar-refractivity contribution in [3.8, 4) is 0 Å². The monoisotopic (exact) mass is 160 g/mol. The van der Waals surface area contributed by atoms with E-state index in [-0.39, 0.29) is 5.83 Å². The maximum Gasteiger partial charge on any atom is 0.0971 e. The third-order valence-electron chi connectivity index (χ3n) is 1.76. The lowest BCUT2D eigenvalue weighted by atomic mass is 10.1. The van der Waals surface area contributed by atoms with Crippen molar-refractivity contribution in [3.63, 3.8) is 0 Å². The second kappa shape index (κ2) is 4.02. The fourth-order valence-electron chi connectivity index (χ4n) is 1.03. The third kappa shape index (κ3) is 2.33. The first-order valence-electron chi connectivity index (χ1n) is 3.77. The highest BCUT2D eigenvalue weighted by Crippen LogP contribution is 2.23. The van der Waals surface area contributed by atoms with Gasteiger partial charge in [-0.15, -0.1) is 0 Å². The average molecular weight is 160 g/mol. The van der Waals surface area contributed by atoms with Gasteiger partial charge in [0.2, 0.25) is 0 Å². The van der Waals surface area contributed by atoms with Crippen LogP contribution in [0.25, 0.3) is 0 Å². The molecule has 0 aromatic rings. The molecule has 0 N–H and O–H groups in total. The molecule has 1 atom stereocenters. The van der Waals surface area contributed by atoms with Crippen molar-refractivity contribution < 1.29 is 4.39 Å². The van der Waals surface area contributed by atoms with E-state index in [0.29, 0.717) is 12.3 Å². The molecule has 1 heterocycles. The van der Waals surface area contributed by atoms with Crippen LogP contribution in [0.1, 0.15) is 19.8 Å². The Labute approximate surface area is 65.9 Å². The molecule has 1 rings (SSSR count). The van der Waals surface area contributed by atoms with Gasteiger partial charge < -0.3 is 0 Å². The fraction of sp³-hybridized carbons (Fsp3) is 0.750. The zero-order chi connectivity index (χ0) is 7.40. The number of halogens is 1. The fourth-order valence-corrected chi connectivity index (χ4v) is 2.17. The molecule has 10 heavy (non-hydrogen) atoms. The van der Waals surface area contributed by atoms with Crippen LogP contribution in [-0.2, 0) is 0 Å². The first kappa shape index (κ1) is 8.12. The van der Waals surface area contributed by atoms with Crippen molar-refractivity contribution >= 4 is 11.8 Å². The van der Waals surface area contributed by atoms with E-state index in [1.807, 2.05) is 11.8 Å². The molecule has 1 unspecified atom stereocenters. The minimum atomic E-state index is 0.0943. The summed E-state index contributed by atoms with van der Waals surface area (Å²) in [5.41, 5.74) is 0. The van der Waals surface area contributed by atoms with E-state index in [1.165, 1.54) is 0 Å². The highest BCUT2D eigenvalue weighted by molar-refractivity contribution is 7.99. The molecule has 0 radical (unpaired) electrons. The summed E-state index contributed by atoms with van der Waals surface area (Å²) in [6.07, 6.45) is 3.50. The van der Waals surface area contributed by atoms with Crippen LogP contribution >= 0.6 is 11.8 Å². The molecular weight excluding hydrogens is 147 g/mol. The van der Waals surface area contributed by atoms with Gasteiger partial charge in [0, 0.05) is 6.42 Å². The molecule has 0 saturated carbocycles. The Morgan fingerprint density at radius 2 is 2.60 bits per heavy atom. The van der Waals surface area contributed by atoms with Crippen LogP contribution in [0.5, 0.6) is 0 Å². The standard InChI is InChI=1S/C8H13FS/c1-2-7-5-8(9)3-4-10-6-7/h5,7H,2-4,6H2,1H3. The van der Waals surface area contributed by atoms with Gasteiger partial charge in [-0.25, -0.2) is 4.39 Å². The third-order valence-corrected chi connectivity index (χ3v) is 2.91. The van der Waals surface area contributed by atoms with Crippen molar-refractivity contribution in [2.24, 2.45) is 5.92 Å². The van der Waals surface area contributed by atoms with E-state index in [2.05, 4.69) is 6.92 Å². The summed E-state index contributed by atoms with van der Waals surface area (Å²) in [5.74, 6) is 2.63. The van der Waals surface area contributed by atoms with Crippen molar-refractivity contribution in [1.29, 1.82) is 0 Å². The van der Waals surface area contributed by atoms with Gasteiger partial charge in [0.05, 0.1) is 5.83 Å². The number of rotatable bonds is 1. The van der Waals surface area contributed by atoms with Gasteiger partial charge in [0.15, 0.2) is 0 Å². The molecule has 0 spiro atoms. The number of allylic oxidation sites excluding steroid dienone is 2. The first-order chi connectivity index (χ1) is 4.83. The van der Waals surface area contributed by atoms with Crippen LogP contribution in [0.3, 0.4) is 0 Å². The molecule has 0 nitrogen and oxygen atoms in total. The SMILES string of the molecule is CCC1C=C(F)CCSC1. The van der Waals surface area contributed by atoms with E-state index in [9.17, 15) is 4.39 Å². The molecule has 2 heteroatoms. The number of thioether (sulfide) groups is 1. The van der Waals surface area contributed by atoms with Gasteiger partial charge >= 0.3 is 0 Å². The Balaban J connectivity index is 2.48. The van der Waals surface area contributed by atoms with Gasteiger partial charge in [0.1, 0.15) is 0 Å². The summed E-state index contributed by atoms with van der Waals surface area (Å²) < 4.78 is 12.7. The maximum absolute atomic E-state index is 12.7. The molecule has 1 aliphatic rings. The van der Waals surface area contributed by atoms with Crippen molar-refractivity contribution in [2.45, 2.75) is 19.8 Å². The zero-order valence-corrected chi connectivity index (χ0v) is 7.09. The van der Waals surface area contributed by atoms with Gasteiger partial charge in [-0.05, 0) is 29.9 Å². The van der Waals surface area contributed by atoms with E-state index in [4.69, 9.17) is 0 Å². The summed E-state index contributed by atoms with van der Waals surface area (Å²) in [5, 5.41) is 0. The minimum absolute atomic E-state index is 0.0943. The Hall–Kier alpha value is 0.0200. The van der Waals surface area contributed by atoms with E-state index in [0.717, 1.165) is 17.9 Å². The molecule has 0 aromatic carbocycles. The van der Waals surface area contributed by atoms with Crippen LogP contribution in [0, 0.1) is 5.92 Å². The molecule has 0 saturated heterocycles. The van der Waals surface area contributed by atoms with Crippen LogP contribution in [-0.4, -0.2) is 11.5 Å². The molecule has 1 aliphatic heterocycles. The van der Waals surface area contributed by atoms with Gasteiger partial charge in [0.25, 0.3) is 0 Å². The summed E-state index contributed by atoms with van der Waals surface area (Å²) in [4.78, 5) is 0. The predicted molar refractivity (Wildman–Crippen MR) is 44.9 cm³/mol. The minimum Gasteiger partial charge on any atom is -0.212 e. The summed E-state index contributed by atoms with van der Waals surface area (Å²) in [6, 6.07) is 0. The van der Waals surface area contributed by atoms with E-state index < -0.39 is 0 Å². The quantitative estimate of drug-likeness (QED) is 0.568. The summed E-state index contributed by atoms with van der Waals surface area (Å²) in [6.45, 7) is 2.11. The number of hydrogen-bond donors (Lipinski definition) is 0. The van der Waals surface area contributed by atoms with Crippen LogP contribution in [0.4, 0.5) is 4.39 Å². The first-order valence-corrected chi connectivity index (χ1v) is 4.92. The van der Waals surface area contributed by atoms with Crippen molar-refractivity contribution in [2.75, 3.05) is 11.5 Å². The largest absolute Gasteiger partial charge is 0.212 e. The Bertz CT molecular complexity index is 131. The number of hydrogen-bond acceptors (Lipinski definition) is 1. The second-order valence-corrected chi connectivity index (χ2v) is 3.76. The lowest BCUT2D eigenvalue weighted by Gasteiger charge is -2.04. The topological polar surface area (TPSA) is 0 Å². The molecule has 0 amide bonds. The Kier molecular flexibility index (Phi) is 3.26. The summed E-state index contributed by atoms with van der Waals surface area (Å²) >= 11 is 1.86. The zero-order valence-electron chi connectivity index (χ0n) is 6.27. The van der Waals surface area contributed by atoms with E-state index in [1.54, 1.807) is 6.08 Å². The Morgan fingerprint density at radius 3 is 3.30 bits per heavy atom. The van der Waals surface area contributed by atoms with Crippen LogP contribution < -0.4 is 0 Å². The maximum atomic E-state index is 12.7. The molecule has 58 valence electrons. The lowest BCUT2D eigenvalue weighted by Crippen LogP contribution is -1.96. The van der Waals surface area contributed by atoms with Crippen molar-refractivity contribution in [3.05, 3.63) is 11.9 Å². The predicted octanol–water partition coefficient (Wildman–Crippen LogP) is 3.00. The van der Waals surface area contributed by atoms with Gasteiger partial charge in [-0.3, -0.25) is 0 Å². The van der Waals surface area contributed by atoms with Gasteiger partial charge in [-0.1, -0.05) is 6.92 Å². The second-order valence-electron chi connectivity index (χ2n) is 2.61. The Morgan fingerprint density at radius 1 is 1.80 bits per heavy atom. The van der Waals surface area contributed by atoms with Crippen LogP contribution in [0.15, 0.2) is 11.9 Å². The normalized spacial score (nSPS) is 27.4. The van der Waals surface area contributed by atoms with Gasteiger partial charge in [-0.2, -0.15) is 11.8 Å². The molecule has 0 aromatic heterocycles. The lowest BCUT2D eigenvalue weighted by molar-refractivity contribution is 0.583. The highest BCUT2D eigenvalue weighted by Gasteiger charge is 2.09. The van der Waals surface area contributed by atoms with E-state index >= 15 is 0 Å². The molecule has 0 bridgehead atoms. The smallest absolute Gasteiger partial charge is 0.0971 e. The summed E-state index contributed by atoms with van der Waals surface area (Å²) in [7, 11) is 0. The van der Waals surface area contributed by atoms with Crippen molar-refractivity contribution in [1.82, 2.24) is 0 Å².